The van der Waals surface area contributed by atoms with E-state index < -0.39 is 5.97 Å². The normalized spacial score (nSPS) is 16.3. The molecule has 0 atom stereocenters. The molecule has 0 radical (unpaired) electrons. The van der Waals surface area contributed by atoms with Crippen molar-refractivity contribution in [2.75, 3.05) is 38.1 Å². The van der Waals surface area contributed by atoms with Crippen molar-refractivity contribution in [1.82, 2.24) is 9.88 Å². The van der Waals surface area contributed by atoms with Crippen molar-refractivity contribution in [3.05, 3.63) is 11.1 Å². The molecule has 0 aromatic carbocycles. The number of aromatic nitrogens is 1. The number of aromatic carboxylic acids is 1. The summed E-state index contributed by atoms with van der Waals surface area (Å²) < 4.78 is 0. The predicted octanol–water partition coefficient (Wildman–Crippen LogP) is 1.37. The molecule has 5 nitrogen and oxygen atoms in total. The number of anilines is 1. The van der Waals surface area contributed by atoms with Gasteiger partial charge >= 0.3 is 5.97 Å². The van der Waals surface area contributed by atoms with E-state index >= 15 is 0 Å². The number of carboxylic acid groups (broad SMARTS) is 1. The molecule has 1 aliphatic rings. The highest BCUT2D eigenvalue weighted by atomic mass is 32.1. The molecule has 1 fully saturated rings. The molecule has 0 spiro atoms. The average Bonchev–Trinajstić information content (AvgIpc) is 2.96. The molecular weight excluding hydrogens is 238 g/mol. The van der Waals surface area contributed by atoms with E-state index in [4.69, 9.17) is 5.11 Å². The molecule has 2 rings (SSSR count). The van der Waals surface area contributed by atoms with E-state index in [-0.39, 0.29) is 0 Å². The van der Waals surface area contributed by atoms with Crippen LogP contribution in [0.4, 0.5) is 5.13 Å². The zero-order chi connectivity index (χ0) is 12.3. The van der Waals surface area contributed by atoms with Crippen LogP contribution in [-0.4, -0.2) is 54.2 Å². The fourth-order valence-electron chi connectivity index (χ4n) is 1.93. The van der Waals surface area contributed by atoms with Gasteiger partial charge < -0.3 is 14.9 Å². The number of hydrogen-bond acceptors (Lipinski definition) is 5. The van der Waals surface area contributed by atoms with E-state index in [0.717, 1.165) is 18.2 Å². The molecule has 1 aromatic rings. The Morgan fingerprint density at radius 3 is 2.88 bits per heavy atom. The van der Waals surface area contributed by atoms with Crippen molar-refractivity contribution in [3.8, 4) is 0 Å². The summed E-state index contributed by atoms with van der Waals surface area (Å²) in [6.45, 7) is 4.29. The summed E-state index contributed by atoms with van der Waals surface area (Å²) in [6.07, 6.45) is 4.02. The summed E-state index contributed by atoms with van der Waals surface area (Å²) in [5.41, 5.74) is 0. The largest absolute Gasteiger partial charge is 0.477 e. The Kier molecular flexibility index (Phi) is 3.96. The number of carboxylic acids is 1. The minimum Gasteiger partial charge on any atom is -0.477 e. The van der Waals surface area contributed by atoms with Crippen LogP contribution < -0.4 is 4.90 Å². The molecule has 2 heterocycles. The molecule has 1 aromatic heterocycles. The minimum atomic E-state index is -0.901. The molecule has 0 saturated carbocycles. The maximum Gasteiger partial charge on any atom is 0.347 e. The zero-order valence-corrected chi connectivity index (χ0v) is 10.7. The molecule has 6 heteroatoms. The third-order valence-corrected chi connectivity index (χ3v) is 4.08. The molecule has 0 amide bonds. The number of likely N-dealkylation sites (N-methyl/N-ethyl adjacent to an activating group) is 1. The first-order valence-corrected chi connectivity index (χ1v) is 6.61. The van der Waals surface area contributed by atoms with Gasteiger partial charge in [0.25, 0.3) is 0 Å². The number of nitrogens with zero attached hydrogens (tertiary/aromatic N) is 3. The van der Waals surface area contributed by atoms with E-state index in [1.54, 1.807) is 0 Å². The molecule has 17 heavy (non-hydrogen) atoms. The summed E-state index contributed by atoms with van der Waals surface area (Å²) >= 11 is 1.23. The van der Waals surface area contributed by atoms with Gasteiger partial charge in [-0.15, -0.1) is 0 Å². The first kappa shape index (κ1) is 12.3. The standard InChI is InChI=1S/C11H17N3O2S/c1-13(6-7-14-4-2-3-5-14)11-12-8-9(17-11)10(15)16/h8H,2-7H2,1H3,(H,15,16). The lowest BCUT2D eigenvalue weighted by Gasteiger charge is -2.20. The van der Waals surface area contributed by atoms with Gasteiger partial charge in [-0.2, -0.15) is 0 Å². The number of thiazole rings is 1. The van der Waals surface area contributed by atoms with Gasteiger partial charge in [0, 0.05) is 20.1 Å². The highest BCUT2D eigenvalue weighted by molar-refractivity contribution is 7.17. The Morgan fingerprint density at radius 2 is 2.29 bits per heavy atom. The molecule has 1 N–H and O–H groups in total. The summed E-state index contributed by atoms with van der Waals surface area (Å²) in [6, 6.07) is 0. The third-order valence-electron chi connectivity index (χ3n) is 2.98. The van der Waals surface area contributed by atoms with Crippen molar-refractivity contribution >= 4 is 22.4 Å². The summed E-state index contributed by atoms with van der Waals surface area (Å²) in [7, 11) is 1.96. The second-order valence-electron chi connectivity index (χ2n) is 4.28. The second kappa shape index (κ2) is 5.46. The Labute approximate surface area is 105 Å². The lowest BCUT2D eigenvalue weighted by atomic mass is 10.4. The van der Waals surface area contributed by atoms with E-state index in [0.29, 0.717) is 4.88 Å². The first-order chi connectivity index (χ1) is 8.16. The molecule has 0 aliphatic carbocycles. The van der Waals surface area contributed by atoms with E-state index in [1.807, 2.05) is 11.9 Å². The zero-order valence-electron chi connectivity index (χ0n) is 9.93. The fraction of sp³-hybridized carbons (Fsp3) is 0.636. The van der Waals surface area contributed by atoms with Crippen LogP contribution in [0.1, 0.15) is 22.5 Å². The third kappa shape index (κ3) is 3.17. The monoisotopic (exact) mass is 255 g/mol. The van der Waals surface area contributed by atoms with Crippen LogP contribution in [0.5, 0.6) is 0 Å². The number of likely N-dealkylation sites (tertiary alicyclic amines) is 1. The Morgan fingerprint density at radius 1 is 1.59 bits per heavy atom. The molecular formula is C11H17N3O2S. The molecule has 0 bridgehead atoms. The van der Waals surface area contributed by atoms with E-state index in [1.165, 1.54) is 43.5 Å². The van der Waals surface area contributed by atoms with Gasteiger partial charge in [0.2, 0.25) is 0 Å². The first-order valence-electron chi connectivity index (χ1n) is 5.79. The van der Waals surface area contributed by atoms with Gasteiger partial charge in [-0.3, -0.25) is 0 Å². The second-order valence-corrected chi connectivity index (χ2v) is 5.29. The van der Waals surface area contributed by atoms with Gasteiger partial charge in [0.15, 0.2) is 5.13 Å². The Bertz CT molecular complexity index is 388. The van der Waals surface area contributed by atoms with Crippen LogP contribution in [0.3, 0.4) is 0 Å². The van der Waals surface area contributed by atoms with Crippen LogP contribution in [0.25, 0.3) is 0 Å². The lowest BCUT2D eigenvalue weighted by molar-refractivity contribution is 0.0702. The lowest BCUT2D eigenvalue weighted by Crippen LogP contribution is -2.31. The highest BCUT2D eigenvalue weighted by Gasteiger charge is 2.14. The topological polar surface area (TPSA) is 56.7 Å². The van der Waals surface area contributed by atoms with Crippen LogP contribution >= 0.6 is 11.3 Å². The van der Waals surface area contributed by atoms with Crippen molar-refractivity contribution < 1.29 is 9.90 Å². The predicted molar refractivity (Wildman–Crippen MR) is 68.0 cm³/mol. The van der Waals surface area contributed by atoms with Crippen molar-refractivity contribution in [3.63, 3.8) is 0 Å². The fourth-order valence-corrected chi connectivity index (χ4v) is 2.68. The van der Waals surface area contributed by atoms with E-state index in [9.17, 15) is 4.79 Å². The summed E-state index contributed by atoms with van der Waals surface area (Å²) in [5, 5.41) is 9.61. The van der Waals surface area contributed by atoms with E-state index in [2.05, 4.69) is 9.88 Å². The van der Waals surface area contributed by atoms with Gasteiger partial charge in [0.05, 0.1) is 6.20 Å². The summed E-state index contributed by atoms with van der Waals surface area (Å²) in [4.78, 5) is 19.6. The molecule has 1 aliphatic heterocycles. The summed E-state index contributed by atoms with van der Waals surface area (Å²) in [5.74, 6) is -0.901. The Hall–Kier alpha value is -1.14. The Balaban J connectivity index is 1.85. The maximum atomic E-state index is 10.7. The van der Waals surface area contributed by atoms with Gasteiger partial charge in [-0.1, -0.05) is 11.3 Å². The quantitative estimate of drug-likeness (QED) is 0.861. The minimum absolute atomic E-state index is 0.299. The maximum absolute atomic E-state index is 10.7. The number of hydrogen-bond donors (Lipinski definition) is 1. The highest BCUT2D eigenvalue weighted by Crippen LogP contribution is 2.21. The van der Waals surface area contributed by atoms with Crippen LogP contribution in [-0.2, 0) is 0 Å². The van der Waals surface area contributed by atoms with Gasteiger partial charge in [0.1, 0.15) is 4.88 Å². The van der Waals surface area contributed by atoms with Gasteiger partial charge in [-0.25, -0.2) is 9.78 Å². The van der Waals surface area contributed by atoms with Crippen molar-refractivity contribution in [2.24, 2.45) is 0 Å². The molecule has 0 unspecified atom stereocenters. The van der Waals surface area contributed by atoms with Gasteiger partial charge in [-0.05, 0) is 25.9 Å². The van der Waals surface area contributed by atoms with Crippen LogP contribution in [0, 0.1) is 0 Å². The number of rotatable bonds is 5. The molecule has 1 saturated heterocycles. The van der Waals surface area contributed by atoms with Crippen LogP contribution in [0.15, 0.2) is 6.20 Å². The smallest absolute Gasteiger partial charge is 0.347 e. The van der Waals surface area contributed by atoms with Crippen molar-refractivity contribution in [1.29, 1.82) is 0 Å². The van der Waals surface area contributed by atoms with Crippen molar-refractivity contribution in [2.45, 2.75) is 12.8 Å². The number of carbonyl (C=O) groups is 1. The SMILES string of the molecule is CN(CCN1CCCC1)c1ncc(C(=O)O)s1. The average molecular weight is 255 g/mol. The van der Waals surface area contributed by atoms with Crippen LogP contribution in [0.2, 0.25) is 0 Å². The molecule has 94 valence electrons.